The zero-order valence-electron chi connectivity index (χ0n) is 9.44. The third-order valence-corrected chi connectivity index (χ3v) is 1.11. The zero-order chi connectivity index (χ0) is 10.8. The van der Waals surface area contributed by atoms with Crippen LogP contribution in [-0.4, -0.2) is 12.2 Å². The number of hydrogen-bond donors (Lipinski definition) is 0. The van der Waals surface area contributed by atoms with Gasteiger partial charge in [-0.3, -0.25) is 0 Å². The molecule has 0 aromatic heterocycles. The zero-order valence-corrected chi connectivity index (χ0v) is 9.44. The molecule has 1 rings (SSSR count). The molecule has 0 spiro atoms. The third-order valence-electron chi connectivity index (χ3n) is 1.11. The second kappa shape index (κ2) is 8.73. The van der Waals surface area contributed by atoms with Crippen LogP contribution in [0.4, 0.5) is 0 Å². The highest BCUT2D eigenvalue weighted by atomic mass is 17.2. The van der Waals surface area contributed by atoms with Crippen molar-refractivity contribution in [2.45, 2.75) is 39.9 Å². The van der Waals surface area contributed by atoms with Crippen LogP contribution in [0.2, 0.25) is 0 Å². The molecule has 0 N–H and O–H groups in total. The lowest BCUT2D eigenvalue weighted by Gasteiger charge is -2.08. The van der Waals surface area contributed by atoms with Crippen molar-refractivity contribution in [1.82, 2.24) is 0 Å². The van der Waals surface area contributed by atoms with Crippen molar-refractivity contribution in [2.75, 3.05) is 0 Å². The van der Waals surface area contributed by atoms with E-state index in [4.69, 9.17) is 9.78 Å². The fourth-order valence-corrected chi connectivity index (χ4v) is 0.607. The average molecular weight is 196 g/mol. The first-order chi connectivity index (χ1) is 6.63. The summed E-state index contributed by atoms with van der Waals surface area (Å²) in [5, 5.41) is 0. The summed E-state index contributed by atoms with van der Waals surface area (Å²) >= 11 is 0. The van der Waals surface area contributed by atoms with Crippen molar-refractivity contribution in [3.05, 3.63) is 36.4 Å². The van der Waals surface area contributed by atoms with Gasteiger partial charge in [-0.15, -0.1) is 0 Å². The van der Waals surface area contributed by atoms with Crippen molar-refractivity contribution >= 4 is 0 Å². The molecule has 0 bridgehead atoms. The molecular weight excluding hydrogens is 176 g/mol. The molecule has 1 aromatic carbocycles. The van der Waals surface area contributed by atoms with Crippen LogP contribution < -0.4 is 0 Å². The molecule has 0 aliphatic heterocycles. The van der Waals surface area contributed by atoms with E-state index in [2.05, 4.69) is 0 Å². The first kappa shape index (κ1) is 13.1. The lowest BCUT2D eigenvalue weighted by atomic mass is 10.4. The topological polar surface area (TPSA) is 18.5 Å². The first-order valence-corrected chi connectivity index (χ1v) is 4.95. The number of benzene rings is 1. The van der Waals surface area contributed by atoms with Crippen molar-refractivity contribution in [3.8, 4) is 0 Å². The predicted molar refractivity (Wildman–Crippen MR) is 58.9 cm³/mol. The van der Waals surface area contributed by atoms with Gasteiger partial charge in [0.2, 0.25) is 0 Å². The maximum Gasteiger partial charge on any atom is 0.0874 e. The summed E-state index contributed by atoms with van der Waals surface area (Å²) in [5.41, 5.74) is 0. The SMILES string of the molecule is CC(C)OOC(C)C.c1ccccc1. The lowest BCUT2D eigenvalue weighted by molar-refractivity contribution is -0.337. The third kappa shape index (κ3) is 11.1. The van der Waals surface area contributed by atoms with E-state index in [0.29, 0.717) is 0 Å². The molecule has 0 atom stereocenters. The molecule has 0 saturated heterocycles. The Morgan fingerprint density at radius 1 is 0.571 bits per heavy atom. The summed E-state index contributed by atoms with van der Waals surface area (Å²) in [6, 6.07) is 12.0. The van der Waals surface area contributed by atoms with Crippen LogP contribution >= 0.6 is 0 Å². The van der Waals surface area contributed by atoms with Crippen LogP contribution in [0.25, 0.3) is 0 Å². The average Bonchev–Trinajstić information content (AvgIpc) is 2.18. The van der Waals surface area contributed by atoms with Gasteiger partial charge in [-0.25, -0.2) is 9.78 Å². The summed E-state index contributed by atoms with van der Waals surface area (Å²) in [6.07, 6.45) is 0.329. The molecule has 0 radical (unpaired) electrons. The summed E-state index contributed by atoms with van der Waals surface area (Å²) < 4.78 is 0. The van der Waals surface area contributed by atoms with Gasteiger partial charge >= 0.3 is 0 Å². The quantitative estimate of drug-likeness (QED) is 0.544. The highest BCUT2D eigenvalue weighted by Gasteiger charge is 1.95. The summed E-state index contributed by atoms with van der Waals surface area (Å²) in [4.78, 5) is 9.61. The second-order valence-electron chi connectivity index (χ2n) is 3.44. The second-order valence-corrected chi connectivity index (χ2v) is 3.44. The van der Waals surface area contributed by atoms with Crippen LogP contribution in [0.15, 0.2) is 36.4 Å². The summed E-state index contributed by atoms with van der Waals surface area (Å²) in [7, 11) is 0. The minimum atomic E-state index is 0.164. The molecule has 0 fully saturated rings. The highest BCUT2D eigenvalue weighted by molar-refractivity contribution is 4.99. The fraction of sp³-hybridized carbons (Fsp3) is 0.500. The monoisotopic (exact) mass is 196 g/mol. The Bertz CT molecular complexity index is 160. The van der Waals surface area contributed by atoms with Crippen molar-refractivity contribution in [3.63, 3.8) is 0 Å². The Kier molecular flexibility index (Phi) is 8.19. The molecule has 0 aliphatic rings. The molecule has 1 aromatic rings. The van der Waals surface area contributed by atoms with Gasteiger partial charge in [0.05, 0.1) is 12.2 Å². The Balaban J connectivity index is 0.000000249. The highest BCUT2D eigenvalue weighted by Crippen LogP contribution is 1.93. The van der Waals surface area contributed by atoms with Crippen molar-refractivity contribution < 1.29 is 9.78 Å². The normalized spacial score (nSPS) is 9.86. The van der Waals surface area contributed by atoms with Crippen LogP contribution in [0.5, 0.6) is 0 Å². The summed E-state index contributed by atoms with van der Waals surface area (Å²) in [5.74, 6) is 0. The number of rotatable bonds is 3. The molecular formula is C12H20O2. The van der Waals surface area contributed by atoms with E-state index < -0.39 is 0 Å². The van der Waals surface area contributed by atoms with E-state index >= 15 is 0 Å². The van der Waals surface area contributed by atoms with E-state index in [9.17, 15) is 0 Å². The molecule has 0 amide bonds. The molecule has 0 saturated carbocycles. The van der Waals surface area contributed by atoms with Crippen LogP contribution in [0, 0.1) is 0 Å². The molecule has 14 heavy (non-hydrogen) atoms. The van der Waals surface area contributed by atoms with Gasteiger partial charge in [-0.1, -0.05) is 36.4 Å². The van der Waals surface area contributed by atoms with E-state index in [-0.39, 0.29) is 12.2 Å². The van der Waals surface area contributed by atoms with Crippen molar-refractivity contribution in [1.29, 1.82) is 0 Å². The van der Waals surface area contributed by atoms with E-state index in [1.54, 1.807) is 0 Å². The predicted octanol–water partition coefficient (Wildman–Crippen LogP) is 3.44. The molecule has 0 heterocycles. The lowest BCUT2D eigenvalue weighted by Crippen LogP contribution is -2.08. The maximum absolute atomic E-state index is 4.80. The fourth-order valence-electron chi connectivity index (χ4n) is 0.607. The van der Waals surface area contributed by atoms with Gasteiger partial charge in [0, 0.05) is 0 Å². The Labute approximate surface area is 86.8 Å². The first-order valence-electron chi connectivity index (χ1n) is 4.95. The van der Waals surface area contributed by atoms with E-state index in [1.807, 2.05) is 64.1 Å². The minimum Gasteiger partial charge on any atom is -0.234 e. The van der Waals surface area contributed by atoms with Crippen LogP contribution in [-0.2, 0) is 9.78 Å². The minimum absolute atomic E-state index is 0.164. The largest absolute Gasteiger partial charge is 0.234 e. The van der Waals surface area contributed by atoms with Gasteiger partial charge in [0.25, 0.3) is 0 Å². The molecule has 2 nitrogen and oxygen atoms in total. The van der Waals surface area contributed by atoms with Crippen LogP contribution in [0.1, 0.15) is 27.7 Å². The standard InChI is InChI=1S/C6H14O2.C6H6/c1-5(2)7-8-6(3)4;1-2-4-6-5-3-1/h5-6H,1-4H3;1-6H. The van der Waals surface area contributed by atoms with Gasteiger partial charge < -0.3 is 0 Å². The van der Waals surface area contributed by atoms with Crippen LogP contribution in [0.3, 0.4) is 0 Å². The maximum atomic E-state index is 4.80. The molecule has 0 aliphatic carbocycles. The van der Waals surface area contributed by atoms with E-state index in [0.717, 1.165) is 0 Å². The van der Waals surface area contributed by atoms with E-state index in [1.165, 1.54) is 0 Å². The van der Waals surface area contributed by atoms with Gasteiger partial charge in [-0.05, 0) is 27.7 Å². The molecule has 2 heteroatoms. The molecule has 0 unspecified atom stereocenters. The Morgan fingerprint density at radius 2 is 0.786 bits per heavy atom. The Morgan fingerprint density at radius 3 is 0.929 bits per heavy atom. The molecule has 80 valence electrons. The van der Waals surface area contributed by atoms with Gasteiger partial charge in [-0.2, -0.15) is 0 Å². The van der Waals surface area contributed by atoms with Gasteiger partial charge in [0.15, 0.2) is 0 Å². The smallest absolute Gasteiger partial charge is 0.0874 e. The van der Waals surface area contributed by atoms with Crippen molar-refractivity contribution in [2.24, 2.45) is 0 Å². The number of hydrogen-bond acceptors (Lipinski definition) is 2. The Hall–Kier alpha value is -0.860. The summed E-state index contributed by atoms with van der Waals surface area (Å²) in [6.45, 7) is 7.73. The van der Waals surface area contributed by atoms with Gasteiger partial charge in [0.1, 0.15) is 0 Å².